The first-order valence-corrected chi connectivity index (χ1v) is 9.34. The molecule has 2 saturated carbocycles. The Bertz CT molecular complexity index is 680. The van der Waals surface area contributed by atoms with Gasteiger partial charge in [-0.2, -0.15) is 0 Å². The van der Waals surface area contributed by atoms with Gasteiger partial charge in [-0.05, 0) is 91.4 Å². The van der Waals surface area contributed by atoms with E-state index in [1.54, 1.807) is 0 Å². The first-order chi connectivity index (χ1) is 11.5. The first kappa shape index (κ1) is 16.1. The SMILES string of the molecule is COC(=O)c1ccc2c(c1C)C[C@H]1[C@H]2CC[C@H]2C[C@H](O)CC[C@]21C. The summed E-state index contributed by atoms with van der Waals surface area (Å²) in [6, 6.07) is 4.14. The van der Waals surface area contributed by atoms with Gasteiger partial charge >= 0.3 is 5.97 Å². The number of benzene rings is 1. The lowest BCUT2D eigenvalue weighted by Crippen LogP contribution is -2.46. The van der Waals surface area contributed by atoms with E-state index in [1.165, 1.54) is 31.1 Å². The maximum atomic E-state index is 12.0. The highest BCUT2D eigenvalue weighted by Gasteiger charge is 2.53. The Morgan fingerprint density at radius 2 is 2.08 bits per heavy atom. The van der Waals surface area contributed by atoms with Crippen molar-refractivity contribution in [2.75, 3.05) is 7.11 Å². The number of esters is 1. The molecule has 3 aliphatic rings. The largest absolute Gasteiger partial charge is 0.465 e. The number of methoxy groups -OCH3 is 1. The van der Waals surface area contributed by atoms with Crippen molar-refractivity contribution in [1.29, 1.82) is 0 Å². The summed E-state index contributed by atoms with van der Waals surface area (Å²) in [6.45, 7) is 4.54. The molecule has 1 N–H and O–H groups in total. The van der Waals surface area contributed by atoms with E-state index in [9.17, 15) is 9.90 Å². The van der Waals surface area contributed by atoms with E-state index < -0.39 is 0 Å². The summed E-state index contributed by atoms with van der Waals surface area (Å²) in [5.74, 6) is 1.71. The van der Waals surface area contributed by atoms with E-state index in [4.69, 9.17) is 4.74 Å². The molecule has 3 nitrogen and oxygen atoms in total. The average molecular weight is 328 g/mol. The molecule has 0 bridgehead atoms. The molecule has 3 aliphatic carbocycles. The minimum Gasteiger partial charge on any atom is -0.465 e. The maximum absolute atomic E-state index is 12.0. The van der Waals surface area contributed by atoms with Crippen molar-refractivity contribution in [1.82, 2.24) is 0 Å². The molecule has 0 unspecified atom stereocenters. The van der Waals surface area contributed by atoms with E-state index in [0.29, 0.717) is 23.2 Å². The molecule has 0 saturated heterocycles. The minimum atomic E-state index is -0.227. The van der Waals surface area contributed by atoms with Crippen LogP contribution in [0.2, 0.25) is 0 Å². The molecule has 0 aliphatic heterocycles. The molecule has 4 rings (SSSR count). The van der Waals surface area contributed by atoms with Crippen LogP contribution >= 0.6 is 0 Å². The number of aliphatic hydroxyl groups excluding tert-OH is 1. The number of hydrogen-bond donors (Lipinski definition) is 1. The van der Waals surface area contributed by atoms with Gasteiger partial charge in [0.05, 0.1) is 18.8 Å². The van der Waals surface area contributed by atoms with Crippen LogP contribution in [0.3, 0.4) is 0 Å². The predicted molar refractivity (Wildman–Crippen MR) is 93.1 cm³/mol. The fourth-order valence-electron chi connectivity index (χ4n) is 6.07. The van der Waals surface area contributed by atoms with Crippen LogP contribution in [0.5, 0.6) is 0 Å². The number of carbonyl (C=O) groups excluding carboxylic acids is 1. The quantitative estimate of drug-likeness (QED) is 0.793. The number of hydrogen-bond acceptors (Lipinski definition) is 3. The molecule has 0 radical (unpaired) electrons. The molecule has 2 fully saturated rings. The van der Waals surface area contributed by atoms with E-state index in [0.717, 1.165) is 36.8 Å². The third kappa shape index (κ3) is 2.17. The van der Waals surface area contributed by atoms with E-state index >= 15 is 0 Å². The summed E-state index contributed by atoms with van der Waals surface area (Å²) in [5.41, 5.74) is 5.02. The summed E-state index contributed by atoms with van der Waals surface area (Å²) in [5, 5.41) is 10.1. The monoisotopic (exact) mass is 328 g/mol. The number of fused-ring (bicyclic) bond motifs is 5. The Morgan fingerprint density at radius 1 is 1.29 bits per heavy atom. The summed E-state index contributed by atoms with van der Waals surface area (Å²) in [4.78, 5) is 12.0. The van der Waals surface area contributed by atoms with Crippen molar-refractivity contribution in [2.24, 2.45) is 17.3 Å². The lowest BCUT2D eigenvalue weighted by molar-refractivity contribution is -0.0508. The molecule has 3 heteroatoms. The molecule has 0 spiro atoms. The van der Waals surface area contributed by atoms with Gasteiger partial charge in [0.1, 0.15) is 0 Å². The van der Waals surface area contributed by atoms with Crippen LogP contribution in [0.1, 0.15) is 72.0 Å². The molecule has 0 aromatic heterocycles. The highest BCUT2D eigenvalue weighted by molar-refractivity contribution is 5.91. The van der Waals surface area contributed by atoms with Gasteiger partial charge < -0.3 is 9.84 Å². The second kappa shape index (κ2) is 5.59. The fraction of sp³-hybridized carbons (Fsp3) is 0.667. The molecule has 1 aromatic rings. The maximum Gasteiger partial charge on any atom is 0.338 e. The molecular weight excluding hydrogens is 300 g/mol. The average Bonchev–Trinajstić information content (AvgIpc) is 2.96. The zero-order valence-electron chi connectivity index (χ0n) is 15.0. The van der Waals surface area contributed by atoms with Gasteiger partial charge in [0, 0.05) is 0 Å². The van der Waals surface area contributed by atoms with Crippen molar-refractivity contribution >= 4 is 5.97 Å². The summed E-state index contributed by atoms with van der Waals surface area (Å²) in [6.07, 6.45) is 6.49. The Labute approximate surface area is 144 Å². The topological polar surface area (TPSA) is 46.5 Å². The highest BCUT2D eigenvalue weighted by atomic mass is 16.5. The third-order valence-electron chi connectivity index (χ3n) is 7.53. The Morgan fingerprint density at radius 3 is 2.83 bits per heavy atom. The molecular formula is C21H28O3. The number of carbonyl (C=O) groups is 1. The van der Waals surface area contributed by atoms with Gasteiger partial charge in [-0.25, -0.2) is 4.79 Å². The Hall–Kier alpha value is -1.35. The fourth-order valence-corrected chi connectivity index (χ4v) is 6.07. The molecule has 24 heavy (non-hydrogen) atoms. The summed E-state index contributed by atoms with van der Waals surface area (Å²) < 4.78 is 4.95. The lowest BCUT2D eigenvalue weighted by atomic mass is 9.52. The van der Waals surface area contributed by atoms with Gasteiger partial charge in [-0.1, -0.05) is 13.0 Å². The second-order valence-corrected chi connectivity index (χ2v) is 8.42. The number of rotatable bonds is 1. The third-order valence-corrected chi connectivity index (χ3v) is 7.53. The smallest absolute Gasteiger partial charge is 0.338 e. The van der Waals surface area contributed by atoms with Crippen LogP contribution in [-0.4, -0.2) is 24.3 Å². The van der Waals surface area contributed by atoms with Crippen molar-refractivity contribution in [2.45, 2.75) is 64.4 Å². The lowest BCUT2D eigenvalue weighted by Gasteiger charge is -2.53. The number of aliphatic hydroxyl groups is 1. The van der Waals surface area contributed by atoms with Gasteiger partial charge in [0.15, 0.2) is 0 Å². The summed E-state index contributed by atoms with van der Waals surface area (Å²) >= 11 is 0. The van der Waals surface area contributed by atoms with Crippen LogP contribution in [0, 0.1) is 24.2 Å². The molecule has 0 amide bonds. The molecule has 5 atom stereocenters. The van der Waals surface area contributed by atoms with Crippen LogP contribution in [0.25, 0.3) is 0 Å². The van der Waals surface area contributed by atoms with Gasteiger partial charge in [0.25, 0.3) is 0 Å². The zero-order chi connectivity index (χ0) is 17.1. The standard InChI is InChI=1S/C21H28O3/c1-12-15(20(23)24-3)6-7-16-17-5-4-13-10-14(22)8-9-21(13,2)19(17)11-18(12)16/h6-7,13-14,17,19,22H,4-5,8-11H2,1-3H3/t13-,14+,17-,19-,21+/m0/s1. The molecule has 130 valence electrons. The van der Waals surface area contributed by atoms with Gasteiger partial charge in [-0.15, -0.1) is 0 Å². The first-order valence-electron chi connectivity index (χ1n) is 9.34. The van der Waals surface area contributed by atoms with Crippen LogP contribution in [0.4, 0.5) is 0 Å². The molecule has 0 heterocycles. The van der Waals surface area contributed by atoms with Crippen molar-refractivity contribution in [3.05, 3.63) is 34.4 Å². The van der Waals surface area contributed by atoms with Crippen LogP contribution in [0.15, 0.2) is 12.1 Å². The van der Waals surface area contributed by atoms with Gasteiger partial charge in [0.2, 0.25) is 0 Å². The molecule has 1 aromatic carbocycles. The predicted octanol–water partition coefficient (Wildman–Crippen LogP) is 4.00. The highest BCUT2D eigenvalue weighted by Crippen LogP contribution is 2.61. The van der Waals surface area contributed by atoms with E-state index in [-0.39, 0.29) is 12.1 Å². The van der Waals surface area contributed by atoms with E-state index in [2.05, 4.69) is 19.9 Å². The van der Waals surface area contributed by atoms with Crippen molar-refractivity contribution in [3.8, 4) is 0 Å². The zero-order valence-corrected chi connectivity index (χ0v) is 15.0. The van der Waals surface area contributed by atoms with Crippen molar-refractivity contribution < 1.29 is 14.6 Å². The number of ether oxygens (including phenoxy) is 1. The Kier molecular flexibility index (Phi) is 3.76. The van der Waals surface area contributed by atoms with E-state index in [1.807, 2.05) is 6.07 Å². The van der Waals surface area contributed by atoms with Gasteiger partial charge in [-0.3, -0.25) is 0 Å². The minimum absolute atomic E-state index is 0.101. The summed E-state index contributed by atoms with van der Waals surface area (Å²) in [7, 11) is 1.45. The van der Waals surface area contributed by atoms with Crippen LogP contribution in [-0.2, 0) is 11.2 Å². The Balaban J connectivity index is 1.71. The second-order valence-electron chi connectivity index (χ2n) is 8.42. The van der Waals surface area contributed by atoms with Crippen LogP contribution < -0.4 is 0 Å². The normalized spacial score (nSPS) is 37.3. The van der Waals surface area contributed by atoms with Crippen molar-refractivity contribution in [3.63, 3.8) is 0 Å².